The van der Waals surface area contributed by atoms with E-state index in [1.807, 2.05) is 0 Å². The molecule has 34 heavy (non-hydrogen) atoms. The average molecular weight is 466 g/mol. The van der Waals surface area contributed by atoms with Gasteiger partial charge in [-0.15, -0.1) is 5.10 Å². The van der Waals surface area contributed by atoms with Gasteiger partial charge in [0.25, 0.3) is 0 Å². The zero-order valence-corrected chi connectivity index (χ0v) is 18.7. The van der Waals surface area contributed by atoms with Gasteiger partial charge >= 0.3 is 5.97 Å². The second kappa shape index (κ2) is 8.51. The van der Waals surface area contributed by atoms with E-state index in [0.717, 1.165) is 17.7 Å². The number of amides is 2. The highest BCUT2D eigenvalue weighted by atomic mass is 19.1. The van der Waals surface area contributed by atoms with E-state index < -0.39 is 17.9 Å². The average Bonchev–Trinajstić information content (AvgIpc) is 3.36. The topological polar surface area (TPSA) is 104 Å². The molecule has 1 saturated carbocycles. The van der Waals surface area contributed by atoms with E-state index in [2.05, 4.69) is 15.0 Å². The minimum absolute atomic E-state index is 0.0766. The number of halogens is 1. The summed E-state index contributed by atoms with van der Waals surface area (Å²) in [5, 5.41) is 8.14. The lowest BCUT2D eigenvalue weighted by Gasteiger charge is -2.19. The normalized spacial score (nSPS) is 21.0. The molecule has 1 aliphatic carbocycles. The van der Waals surface area contributed by atoms with Crippen molar-refractivity contribution in [1.29, 1.82) is 0 Å². The summed E-state index contributed by atoms with van der Waals surface area (Å²) in [6, 6.07) is 9.36. The highest BCUT2D eigenvalue weighted by molar-refractivity contribution is 6.22. The van der Waals surface area contributed by atoms with Crippen LogP contribution >= 0.6 is 0 Å². The van der Waals surface area contributed by atoms with E-state index in [4.69, 9.17) is 4.74 Å². The fourth-order valence-corrected chi connectivity index (χ4v) is 4.78. The van der Waals surface area contributed by atoms with Crippen molar-refractivity contribution in [3.63, 3.8) is 0 Å². The van der Waals surface area contributed by atoms with Crippen LogP contribution in [0.1, 0.15) is 32.6 Å². The zero-order valence-electron chi connectivity index (χ0n) is 18.7. The first-order valence-corrected chi connectivity index (χ1v) is 11.2. The standard InChI is InChI=1S/C24H23FN4O5/c1-13(24(32)33-2)34-15-9-7-14(8-10-15)29-21-12-20(18(25)11-19(21)26-27-29)28-22(30)16-5-3-4-6-17(16)23(28)31/h7-13,16-17H,3-6H2,1-2H3. The number of carbonyl (C=O) groups is 3. The van der Waals surface area contributed by atoms with Gasteiger partial charge in [0, 0.05) is 6.07 Å². The summed E-state index contributed by atoms with van der Waals surface area (Å²) in [7, 11) is 1.29. The van der Waals surface area contributed by atoms with Crippen LogP contribution in [0.5, 0.6) is 5.75 Å². The first-order valence-electron chi connectivity index (χ1n) is 11.2. The Morgan fingerprint density at radius 3 is 2.35 bits per heavy atom. The van der Waals surface area contributed by atoms with Crippen molar-refractivity contribution in [2.24, 2.45) is 11.8 Å². The Morgan fingerprint density at radius 2 is 1.74 bits per heavy atom. The number of methoxy groups -OCH3 is 1. The number of fused-ring (bicyclic) bond motifs is 2. The molecular formula is C24H23FN4O5. The van der Waals surface area contributed by atoms with E-state index in [1.165, 1.54) is 23.9 Å². The van der Waals surface area contributed by atoms with Crippen LogP contribution in [-0.2, 0) is 19.1 Å². The van der Waals surface area contributed by atoms with Crippen molar-refractivity contribution in [3.8, 4) is 11.4 Å². The van der Waals surface area contributed by atoms with Crippen LogP contribution in [0.15, 0.2) is 36.4 Å². The number of esters is 1. The second-order valence-corrected chi connectivity index (χ2v) is 8.58. The molecule has 9 nitrogen and oxygen atoms in total. The highest BCUT2D eigenvalue weighted by Gasteiger charge is 2.49. The van der Waals surface area contributed by atoms with E-state index in [1.54, 1.807) is 31.2 Å². The third-order valence-electron chi connectivity index (χ3n) is 6.52. The Balaban J connectivity index is 1.48. The summed E-state index contributed by atoms with van der Waals surface area (Å²) in [6.45, 7) is 1.58. The lowest BCUT2D eigenvalue weighted by atomic mass is 9.81. The molecule has 2 aliphatic rings. The molecule has 176 valence electrons. The van der Waals surface area contributed by atoms with Gasteiger partial charge in [0.2, 0.25) is 11.8 Å². The lowest BCUT2D eigenvalue weighted by molar-refractivity contribution is -0.147. The Morgan fingerprint density at radius 1 is 1.09 bits per heavy atom. The van der Waals surface area contributed by atoms with E-state index in [9.17, 15) is 18.8 Å². The largest absolute Gasteiger partial charge is 0.479 e. The summed E-state index contributed by atoms with van der Waals surface area (Å²) < 4.78 is 26.7. The minimum atomic E-state index is -0.771. The van der Waals surface area contributed by atoms with E-state index >= 15 is 0 Å². The summed E-state index contributed by atoms with van der Waals surface area (Å²) in [5.41, 5.74) is 1.26. The third kappa shape index (κ3) is 3.59. The predicted octanol–water partition coefficient (Wildman–Crippen LogP) is 3.18. The smallest absolute Gasteiger partial charge is 0.346 e. The van der Waals surface area contributed by atoms with Crippen molar-refractivity contribution in [3.05, 3.63) is 42.2 Å². The van der Waals surface area contributed by atoms with Crippen molar-refractivity contribution in [1.82, 2.24) is 15.0 Å². The molecule has 0 radical (unpaired) electrons. The zero-order chi connectivity index (χ0) is 24.0. The van der Waals surface area contributed by atoms with Gasteiger partial charge in [-0.3, -0.25) is 9.59 Å². The van der Waals surface area contributed by atoms with E-state index in [-0.39, 0.29) is 34.9 Å². The molecule has 1 aliphatic heterocycles. The molecule has 3 unspecified atom stereocenters. The predicted molar refractivity (Wildman–Crippen MR) is 119 cm³/mol. The van der Waals surface area contributed by atoms with Crippen molar-refractivity contribution in [2.75, 3.05) is 12.0 Å². The van der Waals surface area contributed by atoms with Crippen LogP contribution in [-0.4, -0.2) is 46.0 Å². The van der Waals surface area contributed by atoms with Gasteiger partial charge in [-0.1, -0.05) is 18.1 Å². The van der Waals surface area contributed by atoms with Crippen LogP contribution in [0.25, 0.3) is 16.7 Å². The maximum Gasteiger partial charge on any atom is 0.346 e. The summed E-state index contributed by atoms with van der Waals surface area (Å²) in [4.78, 5) is 38.5. The number of hydrogen-bond donors (Lipinski definition) is 0. The van der Waals surface area contributed by atoms with Crippen LogP contribution in [0.3, 0.4) is 0 Å². The van der Waals surface area contributed by atoms with Crippen molar-refractivity contribution < 1.29 is 28.2 Å². The quantitative estimate of drug-likeness (QED) is 0.420. The maximum atomic E-state index is 15.0. The Bertz CT molecular complexity index is 1260. The molecule has 1 saturated heterocycles. The highest BCUT2D eigenvalue weighted by Crippen LogP contribution is 2.41. The molecule has 3 aromatic rings. The minimum Gasteiger partial charge on any atom is -0.479 e. The monoisotopic (exact) mass is 466 g/mol. The summed E-state index contributed by atoms with van der Waals surface area (Å²) in [6.07, 6.45) is 2.32. The number of carbonyl (C=O) groups excluding carboxylic acids is 3. The van der Waals surface area contributed by atoms with Gasteiger partial charge < -0.3 is 9.47 Å². The third-order valence-corrected chi connectivity index (χ3v) is 6.52. The van der Waals surface area contributed by atoms with Crippen LogP contribution in [0, 0.1) is 17.7 Å². The Labute approximate surface area is 194 Å². The Kier molecular flexibility index (Phi) is 5.51. The number of ether oxygens (including phenoxy) is 2. The number of anilines is 1. The van der Waals surface area contributed by atoms with Crippen molar-refractivity contribution >= 4 is 34.5 Å². The van der Waals surface area contributed by atoms with Gasteiger partial charge in [0.1, 0.15) is 17.1 Å². The van der Waals surface area contributed by atoms with Gasteiger partial charge in [-0.05, 0) is 50.1 Å². The first-order chi connectivity index (χ1) is 16.4. The number of hydrogen-bond acceptors (Lipinski definition) is 7. The number of rotatable bonds is 5. The van der Waals surface area contributed by atoms with Crippen LogP contribution in [0.4, 0.5) is 10.1 Å². The molecule has 2 fully saturated rings. The van der Waals surface area contributed by atoms with Gasteiger partial charge in [-0.2, -0.15) is 0 Å². The first kappa shape index (κ1) is 22.0. The molecule has 2 aromatic carbocycles. The molecule has 0 spiro atoms. The second-order valence-electron chi connectivity index (χ2n) is 8.58. The number of imide groups is 1. The molecular weight excluding hydrogens is 443 g/mol. The molecule has 0 bridgehead atoms. The molecule has 10 heteroatoms. The molecule has 2 heterocycles. The van der Waals surface area contributed by atoms with Gasteiger partial charge in [-0.25, -0.2) is 18.8 Å². The fraction of sp³-hybridized carbons (Fsp3) is 0.375. The number of nitrogens with zero attached hydrogens (tertiary/aromatic N) is 4. The molecule has 5 rings (SSSR count). The molecule has 0 N–H and O–H groups in total. The van der Waals surface area contributed by atoms with Crippen LogP contribution < -0.4 is 9.64 Å². The summed E-state index contributed by atoms with van der Waals surface area (Å²) >= 11 is 0. The van der Waals surface area contributed by atoms with Gasteiger partial charge in [0.15, 0.2) is 6.10 Å². The van der Waals surface area contributed by atoms with Crippen molar-refractivity contribution in [2.45, 2.75) is 38.7 Å². The van der Waals surface area contributed by atoms with E-state index in [0.29, 0.717) is 29.8 Å². The maximum absolute atomic E-state index is 15.0. The molecule has 1 aromatic heterocycles. The molecule has 3 atom stereocenters. The lowest BCUT2D eigenvalue weighted by Crippen LogP contribution is -2.31. The van der Waals surface area contributed by atoms with Crippen LogP contribution in [0.2, 0.25) is 0 Å². The molecule has 2 amide bonds. The number of benzene rings is 2. The van der Waals surface area contributed by atoms with Gasteiger partial charge in [0.05, 0.1) is 35.8 Å². The SMILES string of the molecule is COC(=O)C(C)Oc1ccc(-n2nnc3cc(F)c(N4C(=O)C5CCCCC5C4=O)cc32)cc1. The number of aromatic nitrogens is 3. The Hall–Kier alpha value is -3.82. The summed E-state index contributed by atoms with van der Waals surface area (Å²) in [5.74, 6) is -2.17. The fourth-order valence-electron chi connectivity index (χ4n) is 4.78.